The molecule has 0 radical (unpaired) electrons. The van der Waals surface area contributed by atoms with Crippen molar-refractivity contribution in [2.45, 2.75) is 39.0 Å². The van der Waals surface area contributed by atoms with Gasteiger partial charge in [0.1, 0.15) is 12.4 Å². The minimum absolute atomic E-state index is 0.155. The molecular formula is C23H28BrFN2O2. The number of hydrogen-bond donors (Lipinski definition) is 1. The average Bonchev–Trinajstić information content (AvgIpc) is 2.74. The lowest BCUT2D eigenvalue weighted by atomic mass is 9.84. The Labute approximate surface area is 180 Å². The second-order valence-electron chi connectivity index (χ2n) is 7.84. The zero-order valence-corrected chi connectivity index (χ0v) is 18.4. The first-order valence-electron chi connectivity index (χ1n) is 10.4. The largest absolute Gasteiger partial charge is 0.490 e. The van der Waals surface area contributed by atoms with Gasteiger partial charge in [-0.25, -0.2) is 4.39 Å². The minimum atomic E-state index is -0.264. The van der Waals surface area contributed by atoms with Crippen LogP contribution in [-0.2, 0) is 13.2 Å². The van der Waals surface area contributed by atoms with Crippen LogP contribution in [-0.4, -0.2) is 37.2 Å². The van der Waals surface area contributed by atoms with Crippen LogP contribution in [0.1, 0.15) is 30.9 Å². The summed E-state index contributed by atoms with van der Waals surface area (Å²) in [4.78, 5) is 2.55. The first-order chi connectivity index (χ1) is 14.1. The van der Waals surface area contributed by atoms with Crippen LogP contribution in [0.4, 0.5) is 4.39 Å². The zero-order chi connectivity index (χ0) is 20.2. The number of rotatable bonds is 8. The topological polar surface area (TPSA) is 33.7 Å². The molecule has 0 spiro atoms. The number of nitrogens with zero attached hydrogens (tertiary/aromatic N) is 1. The SMILES string of the molecule is CCOc1cc(CNC2CN3CCC2CC3)cc(Br)c1OCc1ccccc1F. The molecule has 6 heteroatoms. The number of hydrogen-bond acceptors (Lipinski definition) is 4. The first-order valence-corrected chi connectivity index (χ1v) is 11.2. The van der Waals surface area contributed by atoms with Crippen molar-refractivity contribution in [2.75, 3.05) is 26.2 Å². The van der Waals surface area contributed by atoms with E-state index in [1.54, 1.807) is 12.1 Å². The van der Waals surface area contributed by atoms with Crippen LogP contribution in [0.3, 0.4) is 0 Å². The standard InChI is InChI=1S/C23H28BrFN2O2/c1-2-28-22-12-16(13-26-21-14-27-9-7-17(21)8-10-27)11-19(24)23(22)29-15-18-5-3-4-6-20(18)25/h3-6,11-12,17,21,26H,2,7-10,13-15H2,1H3. The normalized spacial score (nSPS) is 23.2. The average molecular weight is 463 g/mol. The zero-order valence-electron chi connectivity index (χ0n) is 16.8. The highest BCUT2D eigenvalue weighted by molar-refractivity contribution is 9.10. The molecule has 1 atom stereocenters. The third kappa shape index (κ3) is 4.93. The number of piperidine rings is 3. The third-order valence-corrected chi connectivity index (χ3v) is 6.51. The van der Waals surface area contributed by atoms with Crippen molar-refractivity contribution in [1.29, 1.82) is 0 Å². The van der Waals surface area contributed by atoms with Gasteiger partial charge in [-0.05, 0) is 78.5 Å². The second kappa shape index (κ2) is 9.45. The maximum absolute atomic E-state index is 13.9. The molecule has 3 heterocycles. The summed E-state index contributed by atoms with van der Waals surface area (Å²) in [6.45, 7) is 7.08. The molecule has 0 amide bonds. The van der Waals surface area contributed by atoms with Crippen molar-refractivity contribution in [1.82, 2.24) is 10.2 Å². The van der Waals surface area contributed by atoms with Gasteiger partial charge in [-0.3, -0.25) is 0 Å². The van der Waals surface area contributed by atoms with E-state index in [9.17, 15) is 4.39 Å². The fourth-order valence-corrected chi connectivity index (χ4v) is 4.94. The van der Waals surface area contributed by atoms with E-state index in [1.807, 2.05) is 19.1 Å². The van der Waals surface area contributed by atoms with Crippen LogP contribution in [0.2, 0.25) is 0 Å². The molecule has 2 bridgehead atoms. The lowest BCUT2D eigenvalue weighted by molar-refractivity contribution is 0.0720. The summed E-state index contributed by atoms with van der Waals surface area (Å²) in [5.74, 6) is 1.82. The first kappa shape index (κ1) is 20.6. The van der Waals surface area contributed by atoms with Crippen molar-refractivity contribution in [3.63, 3.8) is 0 Å². The van der Waals surface area contributed by atoms with E-state index >= 15 is 0 Å². The van der Waals surface area contributed by atoms with Crippen LogP contribution < -0.4 is 14.8 Å². The molecule has 0 aromatic heterocycles. The molecule has 156 valence electrons. The van der Waals surface area contributed by atoms with E-state index in [0.29, 0.717) is 29.7 Å². The lowest BCUT2D eigenvalue weighted by Crippen LogP contribution is -2.55. The number of halogens is 2. The number of ether oxygens (including phenoxy) is 2. The Bertz CT molecular complexity index is 840. The van der Waals surface area contributed by atoms with Gasteiger partial charge in [0, 0.05) is 24.7 Å². The summed E-state index contributed by atoms with van der Waals surface area (Å²) in [6.07, 6.45) is 2.60. The molecule has 5 rings (SSSR count). The number of fused-ring (bicyclic) bond motifs is 3. The Morgan fingerprint density at radius 2 is 1.97 bits per heavy atom. The predicted molar refractivity (Wildman–Crippen MR) is 116 cm³/mol. The molecule has 2 aromatic rings. The highest BCUT2D eigenvalue weighted by Crippen LogP contribution is 2.38. The summed E-state index contributed by atoms with van der Waals surface area (Å²) in [7, 11) is 0. The van der Waals surface area contributed by atoms with Gasteiger partial charge in [-0.2, -0.15) is 0 Å². The Balaban J connectivity index is 1.45. The van der Waals surface area contributed by atoms with E-state index in [1.165, 1.54) is 32.0 Å². The fourth-order valence-electron chi connectivity index (χ4n) is 4.34. The van der Waals surface area contributed by atoms with Crippen LogP contribution in [0.15, 0.2) is 40.9 Å². The van der Waals surface area contributed by atoms with Crippen molar-refractivity contribution < 1.29 is 13.9 Å². The van der Waals surface area contributed by atoms with Gasteiger partial charge >= 0.3 is 0 Å². The maximum Gasteiger partial charge on any atom is 0.175 e. The molecule has 3 aliphatic rings. The monoisotopic (exact) mass is 462 g/mol. The summed E-state index contributed by atoms with van der Waals surface area (Å²) >= 11 is 3.62. The van der Waals surface area contributed by atoms with E-state index in [-0.39, 0.29) is 12.4 Å². The number of nitrogens with one attached hydrogen (secondary N) is 1. The molecular weight excluding hydrogens is 435 g/mol. The van der Waals surface area contributed by atoms with E-state index in [2.05, 4.69) is 32.2 Å². The molecule has 2 aromatic carbocycles. The molecule has 4 nitrogen and oxygen atoms in total. The molecule has 3 saturated heterocycles. The molecule has 3 fully saturated rings. The quantitative estimate of drug-likeness (QED) is 0.613. The van der Waals surface area contributed by atoms with Gasteiger partial charge in [0.15, 0.2) is 11.5 Å². The van der Waals surface area contributed by atoms with E-state index < -0.39 is 0 Å². The smallest absolute Gasteiger partial charge is 0.175 e. The van der Waals surface area contributed by atoms with Crippen LogP contribution in [0.25, 0.3) is 0 Å². The predicted octanol–water partition coefficient (Wildman–Crippen LogP) is 4.75. The Hall–Kier alpha value is -1.63. The van der Waals surface area contributed by atoms with Crippen molar-refractivity contribution in [3.05, 3.63) is 57.8 Å². The van der Waals surface area contributed by atoms with E-state index in [0.717, 1.165) is 29.0 Å². The molecule has 1 unspecified atom stereocenters. The van der Waals surface area contributed by atoms with Gasteiger partial charge in [-0.1, -0.05) is 18.2 Å². The molecule has 29 heavy (non-hydrogen) atoms. The lowest BCUT2D eigenvalue weighted by Gasteiger charge is -2.45. The highest BCUT2D eigenvalue weighted by Gasteiger charge is 2.33. The van der Waals surface area contributed by atoms with E-state index in [4.69, 9.17) is 9.47 Å². The summed E-state index contributed by atoms with van der Waals surface area (Å²) in [5.41, 5.74) is 1.67. The maximum atomic E-state index is 13.9. The number of benzene rings is 2. The molecule has 3 aliphatic heterocycles. The van der Waals surface area contributed by atoms with Gasteiger partial charge in [0.25, 0.3) is 0 Å². The summed E-state index contributed by atoms with van der Waals surface area (Å²) < 4.78 is 26.5. The van der Waals surface area contributed by atoms with Gasteiger partial charge in [0.05, 0.1) is 11.1 Å². The Kier molecular flexibility index (Phi) is 6.73. The third-order valence-electron chi connectivity index (χ3n) is 5.92. The van der Waals surface area contributed by atoms with Gasteiger partial charge in [0.2, 0.25) is 0 Å². The van der Waals surface area contributed by atoms with Crippen molar-refractivity contribution in [3.8, 4) is 11.5 Å². The van der Waals surface area contributed by atoms with Gasteiger partial charge < -0.3 is 19.7 Å². The molecule has 0 saturated carbocycles. The van der Waals surface area contributed by atoms with Crippen molar-refractivity contribution in [2.24, 2.45) is 5.92 Å². The fraction of sp³-hybridized carbons (Fsp3) is 0.478. The summed E-state index contributed by atoms with van der Waals surface area (Å²) in [5, 5.41) is 3.74. The molecule has 1 N–H and O–H groups in total. The Morgan fingerprint density at radius 3 is 2.66 bits per heavy atom. The molecule has 0 aliphatic carbocycles. The minimum Gasteiger partial charge on any atom is -0.490 e. The van der Waals surface area contributed by atoms with Crippen LogP contribution in [0, 0.1) is 11.7 Å². The second-order valence-corrected chi connectivity index (χ2v) is 8.70. The highest BCUT2D eigenvalue weighted by atomic mass is 79.9. The Morgan fingerprint density at radius 1 is 1.17 bits per heavy atom. The van der Waals surface area contributed by atoms with Crippen LogP contribution >= 0.6 is 15.9 Å². The van der Waals surface area contributed by atoms with Crippen molar-refractivity contribution >= 4 is 15.9 Å². The van der Waals surface area contributed by atoms with Crippen LogP contribution in [0.5, 0.6) is 11.5 Å². The summed E-state index contributed by atoms with van der Waals surface area (Å²) in [6, 6.07) is 11.3. The van der Waals surface area contributed by atoms with Gasteiger partial charge in [-0.15, -0.1) is 0 Å².